The molecule has 3 rings (SSSR count). The fourth-order valence-corrected chi connectivity index (χ4v) is 3.42. The lowest BCUT2D eigenvalue weighted by Crippen LogP contribution is -2.44. The molecule has 0 aromatic carbocycles. The topological polar surface area (TPSA) is 91.0 Å². The molecule has 4 unspecified atom stereocenters. The van der Waals surface area contributed by atoms with Gasteiger partial charge in [-0.15, -0.1) is 6.42 Å². The van der Waals surface area contributed by atoms with Crippen molar-refractivity contribution in [1.29, 1.82) is 0 Å². The quantitative estimate of drug-likeness (QED) is 0.490. The van der Waals surface area contributed by atoms with Crippen molar-refractivity contribution in [3.8, 4) is 12.3 Å². The number of hydrogen-bond donors (Lipinski definition) is 2. The molecule has 2 amide bonds. The van der Waals surface area contributed by atoms with Crippen molar-refractivity contribution in [2.24, 2.45) is 11.8 Å². The molecule has 24 heavy (non-hydrogen) atoms. The largest absolute Gasteiger partial charge is 0.465 e. The molecule has 0 spiro atoms. The lowest BCUT2D eigenvalue weighted by atomic mass is 9.86. The number of likely N-dealkylation sites (tertiary alicyclic amines) is 1. The first-order chi connectivity index (χ1) is 11.5. The van der Waals surface area contributed by atoms with Crippen LogP contribution >= 0.6 is 0 Å². The van der Waals surface area contributed by atoms with Crippen LogP contribution in [0.15, 0.2) is 22.6 Å². The highest BCUT2D eigenvalue weighted by molar-refractivity contribution is 6.06. The van der Waals surface area contributed by atoms with Crippen molar-refractivity contribution in [2.75, 3.05) is 0 Å². The van der Waals surface area contributed by atoms with Gasteiger partial charge in [-0.2, -0.15) is 0 Å². The minimum Gasteiger partial charge on any atom is -0.465 e. The predicted molar refractivity (Wildman–Crippen MR) is 84.2 cm³/mol. The fraction of sp³-hybridized carbons (Fsp3) is 0.444. The number of hydrogen-bond acceptors (Lipinski definition) is 5. The first-order valence-corrected chi connectivity index (χ1v) is 7.88. The van der Waals surface area contributed by atoms with E-state index in [1.54, 1.807) is 19.1 Å². The highest BCUT2D eigenvalue weighted by atomic mass is 16.4. The molecule has 2 aliphatic rings. The van der Waals surface area contributed by atoms with Gasteiger partial charge in [0.05, 0.1) is 18.3 Å². The number of carbonyl (C=O) groups excluding carboxylic acids is 2. The third-order valence-electron chi connectivity index (χ3n) is 4.65. The second kappa shape index (κ2) is 6.27. The molecule has 0 bridgehead atoms. The number of nitrogens with zero attached hydrogens (tertiary/aromatic N) is 1. The number of allylic oxidation sites excluding steroid dienone is 1. The number of amides is 2. The van der Waals surface area contributed by atoms with Crippen molar-refractivity contribution in [3.05, 3.63) is 35.3 Å². The number of aliphatic hydroxyl groups excluding tert-OH is 2. The number of imide groups is 1. The fourth-order valence-electron chi connectivity index (χ4n) is 3.42. The van der Waals surface area contributed by atoms with Crippen molar-refractivity contribution in [1.82, 2.24) is 4.90 Å². The molecule has 1 fully saturated rings. The molecule has 0 saturated carbocycles. The summed E-state index contributed by atoms with van der Waals surface area (Å²) in [6.07, 6.45) is 7.26. The van der Waals surface area contributed by atoms with Crippen LogP contribution in [0.2, 0.25) is 0 Å². The summed E-state index contributed by atoms with van der Waals surface area (Å²) in [4.78, 5) is 25.7. The van der Waals surface area contributed by atoms with Crippen molar-refractivity contribution in [3.63, 3.8) is 0 Å². The lowest BCUT2D eigenvalue weighted by molar-refractivity contribution is -0.159. The summed E-state index contributed by atoms with van der Waals surface area (Å²) in [6, 6.07) is 1.54. The average Bonchev–Trinajstić information content (AvgIpc) is 3.05. The normalized spacial score (nSPS) is 25.5. The average molecular weight is 329 g/mol. The molecule has 126 valence electrons. The van der Waals surface area contributed by atoms with E-state index in [-0.39, 0.29) is 6.42 Å². The Morgan fingerprint density at radius 3 is 2.83 bits per heavy atom. The van der Waals surface area contributed by atoms with Gasteiger partial charge >= 0.3 is 0 Å². The summed E-state index contributed by atoms with van der Waals surface area (Å²) in [5.41, 5.74) is 0.318. The minimum absolute atomic E-state index is 0.250. The number of furan rings is 1. The summed E-state index contributed by atoms with van der Waals surface area (Å²) in [6.45, 7) is 1.63. The van der Waals surface area contributed by atoms with Crippen molar-refractivity contribution < 1.29 is 24.2 Å². The van der Waals surface area contributed by atoms with Gasteiger partial charge in [0, 0.05) is 5.56 Å². The van der Waals surface area contributed by atoms with E-state index in [0.29, 0.717) is 23.5 Å². The first-order valence-electron chi connectivity index (χ1n) is 7.88. The molecular formula is C18H19NO5. The Kier molecular flexibility index (Phi) is 4.31. The van der Waals surface area contributed by atoms with E-state index >= 15 is 0 Å². The molecule has 4 atom stereocenters. The summed E-state index contributed by atoms with van der Waals surface area (Å²) in [5, 5.41) is 20.9. The molecular weight excluding hydrogens is 310 g/mol. The molecule has 6 nitrogen and oxygen atoms in total. The molecule has 6 heteroatoms. The van der Waals surface area contributed by atoms with Gasteiger partial charge in [0.1, 0.15) is 17.6 Å². The van der Waals surface area contributed by atoms with Crippen molar-refractivity contribution >= 4 is 11.8 Å². The van der Waals surface area contributed by atoms with Gasteiger partial charge in [0.15, 0.2) is 6.23 Å². The van der Waals surface area contributed by atoms with E-state index in [2.05, 4.69) is 5.92 Å². The maximum absolute atomic E-state index is 12.5. The summed E-state index contributed by atoms with van der Waals surface area (Å²) >= 11 is 0. The molecule has 2 N–H and O–H groups in total. The number of carbonyl (C=O) groups is 2. The van der Waals surface area contributed by atoms with Gasteiger partial charge in [0.25, 0.3) is 0 Å². The SMILES string of the molecule is C#CCc1cc(C(O)C(O)N2C(=O)C3C=CCCC3C2=O)c(C)o1. The standard InChI is InChI=1S/C18H19NO5/c1-3-6-11-9-14(10(2)24-11)15(20)18(23)19-16(21)12-7-4-5-8-13(12)17(19)22/h1,4,7,9,12-13,15,18,20,23H,5-6,8H2,2H3. The molecule has 0 radical (unpaired) electrons. The van der Waals surface area contributed by atoms with Crippen molar-refractivity contribution in [2.45, 2.75) is 38.5 Å². The number of aryl methyl sites for hydroxylation is 1. The van der Waals surface area contributed by atoms with Crippen LogP contribution in [0.25, 0.3) is 0 Å². The van der Waals surface area contributed by atoms with Crippen LogP contribution in [0.3, 0.4) is 0 Å². The second-order valence-corrected chi connectivity index (χ2v) is 6.15. The van der Waals surface area contributed by atoms with E-state index < -0.39 is 36.0 Å². The Bertz CT molecular complexity index is 741. The van der Waals surface area contributed by atoms with Crippen LogP contribution in [0, 0.1) is 31.1 Å². The first kappa shape index (κ1) is 16.5. The molecule has 1 aromatic rings. The van der Waals surface area contributed by atoms with Crippen LogP contribution in [0.5, 0.6) is 0 Å². The number of rotatable bonds is 4. The van der Waals surface area contributed by atoms with E-state index in [1.807, 2.05) is 6.08 Å². The van der Waals surface area contributed by atoms with Crippen LogP contribution in [-0.4, -0.2) is 33.2 Å². The summed E-state index contributed by atoms with van der Waals surface area (Å²) in [7, 11) is 0. The van der Waals surface area contributed by atoms with E-state index in [4.69, 9.17) is 10.8 Å². The number of aliphatic hydroxyl groups is 2. The van der Waals surface area contributed by atoms with Crippen LogP contribution in [-0.2, 0) is 16.0 Å². The highest BCUT2D eigenvalue weighted by Gasteiger charge is 2.50. The Morgan fingerprint density at radius 2 is 2.17 bits per heavy atom. The van der Waals surface area contributed by atoms with Crippen LogP contribution in [0.4, 0.5) is 0 Å². The second-order valence-electron chi connectivity index (χ2n) is 6.15. The van der Waals surface area contributed by atoms with Crippen LogP contribution in [0.1, 0.15) is 36.0 Å². The van der Waals surface area contributed by atoms with Crippen LogP contribution < -0.4 is 0 Å². The molecule has 2 heterocycles. The Balaban J connectivity index is 1.85. The van der Waals surface area contributed by atoms with Gasteiger partial charge in [-0.1, -0.05) is 18.1 Å². The number of fused-ring (bicyclic) bond motifs is 1. The van der Waals surface area contributed by atoms with E-state index in [9.17, 15) is 19.8 Å². The predicted octanol–water partition coefficient (Wildman–Crippen LogP) is 1.07. The van der Waals surface area contributed by atoms with Gasteiger partial charge in [-0.3, -0.25) is 14.5 Å². The minimum atomic E-state index is -1.65. The summed E-state index contributed by atoms with van der Waals surface area (Å²) < 4.78 is 5.42. The third kappa shape index (κ3) is 2.56. The van der Waals surface area contributed by atoms with Gasteiger partial charge in [-0.05, 0) is 25.8 Å². The van der Waals surface area contributed by atoms with Gasteiger partial charge in [0.2, 0.25) is 11.8 Å². The zero-order valence-corrected chi connectivity index (χ0v) is 13.3. The lowest BCUT2D eigenvalue weighted by Gasteiger charge is -2.26. The Hall–Kier alpha value is -2.36. The summed E-state index contributed by atoms with van der Waals surface area (Å²) in [5.74, 6) is 1.39. The molecule has 1 aliphatic heterocycles. The molecule has 1 saturated heterocycles. The monoisotopic (exact) mass is 329 g/mol. The van der Waals surface area contributed by atoms with Gasteiger partial charge in [-0.25, -0.2) is 0 Å². The molecule has 1 aliphatic carbocycles. The maximum Gasteiger partial charge on any atom is 0.239 e. The smallest absolute Gasteiger partial charge is 0.239 e. The zero-order valence-electron chi connectivity index (χ0n) is 13.3. The van der Waals surface area contributed by atoms with Gasteiger partial charge < -0.3 is 14.6 Å². The number of terminal acetylenes is 1. The molecule has 1 aromatic heterocycles. The Morgan fingerprint density at radius 1 is 1.42 bits per heavy atom. The Labute approximate surface area is 139 Å². The highest BCUT2D eigenvalue weighted by Crippen LogP contribution is 2.37. The van der Waals surface area contributed by atoms with E-state index in [0.717, 1.165) is 11.3 Å². The van der Waals surface area contributed by atoms with E-state index in [1.165, 1.54) is 0 Å². The maximum atomic E-state index is 12.5. The third-order valence-corrected chi connectivity index (χ3v) is 4.65. The zero-order chi connectivity index (χ0) is 17.4.